The molecule has 2 N–H and O–H groups in total. The fourth-order valence-electron chi connectivity index (χ4n) is 4.96. The van der Waals surface area contributed by atoms with E-state index in [2.05, 4.69) is 15.3 Å². The molecule has 2 heterocycles. The quantitative estimate of drug-likeness (QED) is 0.501. The van der Waals surface area contributed by atoms with E-state index in [0.717, 1.165) is 17.7 Å². The van der Waals surface area contributed by atoms with E-state index < -0.39 is 23.3 Å². The molecule has 10 heteroatoms. The number of aliphatic carboxylic acids is 1. The number of hydrogen-bond donors (Lipinski definition) is 2. The van der Waals surface area contributed by atoms with Crippen molar-refractivity contribution in [2.24, 2.45) is 16.3 Å². The van der Waals surface area contributed by atoms with E-state index in [-0.39, 0.29) is 33.7 Å². The number of anilines is 1. The van der Waals surface area contributed by atoms with Gasteiger partial charge in [0.25, 0.3) is 5.91 Å². The zero-order chi connectivity index (χ0) is 25.9. The summed E-state index contributed by atoms with van der Waals surface area (Å²) >= 11 is 12.1. The molecule has 0 radical (unpaired) electrons. The van der Waals surface area contributed by atoms with Crippen LogP contribution < -0.4 is 5.32 Å². The number of hydrogen-bond acceptors (Lipinski definition) is 6. The van der Waals surface area contributed by atoms with Crippen molar-refractivity contribution in [3.63, 3.8) is 0 Å². The molecule has 1 amide bonds. The number of aliphatic imine (C=N–C) groups is 1. The molecule has 1 aliphatic carbocycles. The fraction of sp³-hybridized carbons (Fsp3) is 0.423. The highest BCUT2D eigenvalue weighted by atomic mass is 35.5. The van der Waals surface area contributed by atoms with Crippen LogP contribution in [-0.4, -0.2) is 52.7 Å². The van der Waals surface area contributed by atoms with Crippen LogP contribution in [0.2, 0.25) is 10.0 Å². The van der Waals surface area contributed by atoms with E-state index in [1.807, 2.05) is 6.92 Å². The Balaban J connectivity index is 1.50. The number of halogens is 2. The predicted molar refractivity (Wildman–Crippen MR) is 137 cm³/mol. The Morgan fingerprint density at radius 2 is 1.83 bits per heavy atom. The number of ketones is 1. The topological polar surface area (TPSA) is 118 Å². The molecule has 36 heavy (non-hydrogen) atoms. The first-order valence-electron chi connectivity index (χ1n) is 11.9. The van der Waals surface area contributed by atoms with Crippen LogP contribution in [0, 0.1) is 11.3 Å². The average Bonchev–Trinajstić information content (AvgIpc) is 2.86. The number of carboxylic acid groups (broad SMARTS) is 1. The Hall–Kier alpha value is -2.81. The van der Waals surface area contributed by atoms with Gasteiger partial charge in [0.15, 0.2) is 11.8 Å². The van der Waals surface area contributed by atoms with E-state index in [1.54, 1.807) is 24.3 Å². The third-order valence-corrected chi connectivity index (χ3v) is 7.41. The maximum absolute atomic E-state index is 13.0. The van der Waals surface area contributed by atoms with Gasteiger partial charge in [-0.1, -0.05) is 48.7 Å². The first-order valence-corrected chi connectivity index (χ1v) is 12.6. The Morgan fingerprint density at radius 3 is 2.42 bits per heavy atom. The van der Waals surface area contributed by atoms with Crippen molar-refractivity contribution in [2.75, 3.05) is 18.5 Å². The molecule has 1 aliphatic heterocycles. The second-order valence-corrected chi connectivity index (χ2v) is 9.92. The highest BCUT2D eigenvalue weighted by Crippen LogP contribution is 2.48. The number of rotatable bonds is 8. The van der Waals surface area contributed by atoms with Gasteiger partial charge in [0, 0.05) is 43.4 Å². The first-order chi connectivity index (χ1) is 17.3. The number of benzene rings is 1. The maximum atomic E-state index is 13.0. The molecule has 1 aromatic carbocycles. The zero-order valence-corrected chi connectivity index (χ0v) is 21.3. The third-order valence-electron chi connectivity index (χ3n) is 6.83. The van der Waals surface area contributed by atoms with Crippen molar-refractivity contribution in [1.29, 1.82) is 0 Å². The minimum Gasteiger partial charge on any atom is -0.480 e. The van der Waals surface area contributed by atoms with Gasteiger partial charge >= 0.3 is 5.97 Å². The number of carbonyl (C=O) groups excluding carboxylic acids is 2. The highest BCUT2D eigenvalue weighted by Gasteiger charge is 2.59. The summed E-state index contributed by atoms with van der Waals surface area (Å²) in [5, 5.41) is 12.9. The molecule has 0 bridgehead atoms. The number of aromatic nitrogens is 1. The second-order valence-electron chi connectivity index (χ2n) is 9.10. The lowest BCUT2D eigenvalue weighted by molar-refractivity contribution is -0.140. The smallest absolute Gasteiger partial charge is 0.328 e. The predicted octanol–water partition coefficient (Wildman–Crippen LogP) is 4.87. The summed E-state index contributed by atoms with van der Waals surface area (Å²) in [6.45, 7) is 2.96. The molecule has 2 aliphatic rings. The van der Waals surface area contributed by atoms with Gasteiger partial charge in [-0.3, -0.25) is 19.6 Å². The number of Topliss-reactive ketones (excluding diaryl/α,β-unsaturated/α-hetero) is 1. The zero-order valence-electron chi connectivity index (χ0n) is 19.8. The van der Waals surface area contributed by atoms with Crippen molar-refractivity contribution >= 4 is 52.3 Å². The molecule has 2 aromatic rings. The standard InChI is InChI=1S/C26H27Cl2N3O5/c1-2-3-17-22(26(23(17)32)8-10-36-11-9-26)31-20(25(34)35)12-15-4-6-16(7-5-15)30-24(33)21-18(27)13-29-14-19(21)28/h4-7,13-14,17,20H,2-3,8-12H2,1H3,(H,30,33)(H,34,35)/t17?,20-/m0/s1. The maximum Gasteiger partial charge on any atom is 0.328 e. The fourth-order valence-corrected chi connectivity index (χ4v) is 5.49. The number of pyridine rings is 1. The molecule has 4 rings (SSSR count). The lowest BCUT2D eigenvalue weighted by Gasteiger charge is -2.49. The molecule has 1 unspecified atom stereocenters. The molecule has 190 valence electrons. The van der Waals surface area contributed by atoms with Crippen LogP contribution in [0.25, 0.3) is 0 Å². The Bertz CT molecular complexity index is 1170. The van der Waals surface area contributed by atoms with Crippen molar-refractivity contribution < 1.29 is 24.2 Å². The number of carbonyl (C=O) groups is 3. The van der Waals surface area contributed by atoms with Gasteiger partial charge in [-0.25, -0.2) is 4.79 Å². The number of nitrogens with zero attached hydrogens (tertiary/aromatic N) is 2. The van der Waals surface area contributed by atoms with E-state index in [1.165, 1.54) is 12.4 Å². The van der Waals surface area contributed by atoms with Crippen LogP contribution in [0.3, 0.4) is 0 Å². The first kappa shape index (κ1) is 26.3. The van der Waals surface area contributed by atoms with Gasteiger partial charge in [-0.2, -0.15) is 0 Å². The Labute approximate surface area is 219 Å². The molecule has 2 atom stereocenters. The van der Waals surface area contributed by atoms with Crippen LogP contribution in [0.15, 0.2) is 41.7 Å². The summed E-state index contributed by atoms with van der Waals surface area (Å²) in [5.74, 6) is -1.66. The Kier molecular flexibility index (Phi) is 8.07. The van der Waals surface area contributed by atoms with E-state index in [4.69, 9.17) is 27.9 Å². The van der Waals surface area contributed by atoms with Crippen LogP contribution in [0.4, 0.5) is 5.69 Å². The third kappa shape index (κ3) is 5.16. The molecule has 2 fully saturated rings. The lowest BCUT2D eigenvalue weighted by Crippen LogP contribution is -2.61. The van der Waals surface area contributed by atoms with Crippen molar-refractivity contribution in [3.8, 4) is 0 Å². The summed E-state index contributed by atoms with van der Waals surface area (Å²) in [6, 6.07) is 5.81. The lowest BCUT2D eigenvalue weighted by atomic mass is 9.54. The summed E-state index contributed by atoms with van der Waals surface area (Å²) in [5.41, 5.74) is 1.41. The van der Waals surface area contributed by atoms with Gasteiger partial charge in [0.2, 0.25) is 0 Å². The largest absolute Gasteiger partial charge is 0.480 e. The van der Waals surface area contributed by atoms with E-state index in [9.17, 15) is 19.5 Å². The minimum absolute atomic E-state index is 0.123. The van der Waals surface area contributed by atoms with Crippen LogP contribution in [0.5, 0.6) is 0 Å². The summed E-state index contributed by atoms with van der Waals surface area (Å²) in [4.78, 5) is 46.2. The number of carboxylic acids is 1. The summed E-state index contributed by atoms with van der Waals surface area (Å²) in [6.07, 6.45) is 5.44. The number of nitrogens with one attached hydrogen (secondary N) is 1. The van der Waals surface area contributed by atoms with E-state index in [0.29, 0.717) is 38.2 Å². The molecule has 1 saturated carbocycles. The van der Waals surface area contributed by atoms with Crippen LogP contribution in [0.1, 0.15) is 48.5 Å². The van der Waals surface area contributed by atoms with E-state index >= 15 is 0 Å². The van der Waals surface area contributed by atoms with Gasteiger partial charge < -0.3 is 15.2 Å². The molecule has 1 saturated heterocycles. The minimum atomic E-state index is -1.04. The highest BCUT2D eigenvalue weighted by molar-refractivity contribution is 6.40. The van der Waals surface area contributed by atoms with Gasteiger partial charge in [0.05, 0.1) is 26.9 Å². The van der Waals surface area contributed by atoms with Crippen molar-refractivity contribution in [3.05, 3.63) is 57.8 Å². The van der Waals surface area contributed by atoms with Crippen LogP contribution in [-0.2, 0) is 20.7 Å². The van der Waals surface area contributed by atoms with Gasteiger partial charge in [-0.15, -0.1) is 0 Å². The molecule has 8 nitrogen and oxygen atoms in total. The van der Waals surface area contributed by atoms with Gasteiger partial charge in [-0.05, 0) is 37.0 Å². The number of ether oxygens (including phenoxy) is 1. The van der Waals surface area contributed by atoms with Crippen LogP contribution >= 0.6 is 23.2 Å². The molecule has 1 aromatic heterocycles. The SMILES string of the molecule is CCCC1C(=O)C2(CCOCC2)C1=N[C@@H](Cc1ccc(NC(=O)c2c(Cl)cncc2Cl)cc1)C(=O)O. The van der Waals surface area contributed by atoms with Crippen molar-refractivity contribution in [2.45, 2.75) is 45.1 Å². The summed E-state index contributed by atoms with van der Waals surface area (Å²) < 4.78 is 5.45. The normalized spacial score (nSPS) is 20.7. The molecular weight excluding hydrogens is 505 g/mol. The monoisotopic (exact) mass is 531 g/mol. The average molecular weight is 532 g/mol. The van der Waals surface area contributed by atoms with Gasteiger partial charge in [0.1, 0.15) is 0 Å². The second kappa shape index (κ2) is 11.1. The summed E-state index contributed by atoms with van der Waals surface area (Å²) in [7, 11) is 0. The number of amides is 1. The molecular formula is C26H27Cl2N3O5. The van der Waals surface area contributed by atoms with Crippen molar-refractivity contribution in [1.82, 2.24) is 4.98 Å². The molecule has 1 spiro atoms. The Morgan fingerprint density at radius 1 is 1.19 bits per heavy atom.